The Balaban J connectivity index is 1.38. The average molecular weight is 435 g/mol. The van der Waals surface area contributed by atoms with Gasteiger partial charge in [0.1, 0.15) is 0 Å². The first-order valence-corrected chi connectivity index (χ1v) is 9.65. The molecule has 1 fully saturated rings. The van der Waals surface area contributed by atoms with Gasteiger partial charge in [-0.1, -0.05) is 6.07 Å². The van der Waals surface area contributed by atoms with Gasteiger partial charge in [0.15, 0.2) is 6.61 Å². The van der Waals surface area contributed by atoms with E-state index in [2.05, 4.69) is 5.32 Å². The molecule has 1 N–H and O–H groups in total. The molecule has 4 rings (SSSR count). The van der Waals surface area contributed by atoms with E-state index in [-0.39, 0.29) is 52.7 Å². The smallest absolute Gasteiger partial charge is 0.338 e. The van der Waals surface area contributed by atoms with Crippen LogP contribution in [-0.2, 0) is 19.1 Å². The van der Waals surface area contributed by atoms with Crippen LogP contribution in [0.2, 0.25) is 0 Å². The van der Waals surface area contributed by atoms with E-state index < -0.39 is 30.3 Å². The molecule has 0 saturated carbocycles. The first-order valence-electron chi connectivity index (χ1n) is 9.65. The molecule has 1 saturated heterocycles. The minimum atomic E-state index is -0.808. The second-order valence-corrected chi connectivity index (χ2v) is 7.23. The lowest BCUT2D eigenvalue weighted by atomic mass is 10.1. The van der Waals surface area contributed by atoms with E-state index >= 15 is 0 Å². The van der Waals surface area contributed by atoms with Crippen LogP contribution < -0.4 is 10.2 Å². The van der Waals surface area contributed by atoms with Crippen molar-refractivity contribution in [2.75, 3.05) is 23.9 Å². The van der Waals surface area contributed by atoms with Gasteiger partial charge in [-0.25, -0.2) is 4.79 Å². The summed E-state index contributed by atoms with van der Waals surface area (Å²) in [5.41, 5.74) is 1.03. The van der Waals surface area contributed by atoms with Crippen molar-refractivity contribution in [3.63, 3.8) is 0 Å². The van der Waals surface area contributed by atoms with E-state index in [1.807, 2.05) is 0 Å². The highest BCUT2D eigenvalue weighted by Gasteiger charge is 2.33. The van der Waals surface area contributed by atoms with Gasteiger partial charge < -0.3 is 10.1 Å². The van der Waals surface area contributed by atoms with Gasteiger partial charge in [-0.05, 0) is 36.4 Å². The second-order valence-electron chi connectivity index (χ2n) is 7.23. The number of nitrogens with one attached hydrogen (secondary N) is 1. The zero-order valence-electron chi connectivity index (χ0n) is 16.9. The molecule has 0 aromatic heterocycles. The van der Waals surface area contributed by atoms with E-state index in [1.54, 1.807) is 0 Å². The molecule has 0 bridgehead atoms. The monoisotopic (exact) mass is 435 g/mol. The molecule has 0 spiro atoms. The Bertz CT molecular complexity index is 1190. The Morgan fingerprint density at radius 1 is 0.938 bits per heavy atom. The third-order valence-corrected chi connectivity index (χ3v) is 5.10. The molecule has 0 atom stereocenters. The van der Waals surface area contributed by atoms with Crippen molar-refractivity contribution in [3.05, 3.63) is 59.2 Å². The van der Waals surface area contributed by atoms with Crippen molar-refractivity contribution in [1.82, 2.24) is 4.90 Å². The van der Waals surface area contributed by atoms with E-state index in [0.29, 0.717) is 0 Å². The van der Waals surface area contributed by atoms with Gasteiger partial charge in [0.25, 0.3) is 17.7 Å². The van der Waals surface area contributed by atoms with Crippen molar-refractivity contribution in [3.8, 4) is 0 Å². The highest BCUT2D eigenvalue weighted by molar-refractivity contribution is 6.22. The summed E-state index contributed by atoms with van der Waals surface area (Å²) in [7, 11) is 1.37. The molecular formula is C22H17N3O7. The lowest BCUT2D eigenvalue weighted by molar-refractivity contribution is -0.121. The second kappa shape index (κ2) is 8.06. The number of hydrogen-bond acceptors (Lipinski definition) is 7. The number of esters is 1. The molecule has 162 valence electrons. The fraction of sp³-hybridized carbons (Fsp3) is 0.182. The van der Waals surface area contributed by atoms with E-state index in [0.717, 1.165) is 9.80 Å². The number of anilines is 2. The van der Waals surface area contributed by atoms with Crippen LogP contribution in [0, 0.1) is 0 Å². The Morgan fingerprint density at radius 3 is 2.34 bits per heavy atom. The summed E-state index contributed by atoms with van der Waals surface area (Å²) in [6, 6.07) is 10.1. The van der Waals surface area contributed by atoms with Gasteiger partial charge >= 0.3 is 5.97 Å². The number of carbonyl (C=O) groups excluding carboxylic acids is 6. The van der Waals surface area contributed by atoms with Crippen molar-refractivity contribution >= 4 is 46.9 Å². The zero-order valence-corrected chi connectivity index (χ0v) is 16.9. The molecule has 2 heterocycles. The van der Waals surface area contributed by atoms with Crippen LogP contribution in [0.15, 0.2) is 42.5 Å². The number of ether oxygens (including phenoxy) is 1. The number of nitrogens with zero attached hydrogens (tertiary/aromatic N) is 2. The van der Waals surface area contributed by atoms with Crippen molar-refractivity contribution in [2.45, 2.75) is 12.8 Å². The summed E-state index contributed by atoms with van der Waals surface area (Å²) < 4.78 is 5.01. The number of fused-ring (bicyclic) bond motifs is 1. The average Bonchev–Trinajstić information content (AvgIpc) is 3.23. The van der Waals surface area contributed by atoms with Crippen LogP contribution >= 0.6 is 0 Å². The lowest BCUT2D eigenvalue weighted by Gasteiger charge is -2.14. The molecule has 0 aliphatic carbocycles. The summed E-state index contributed by atoms with van der Waals surface area (Å²) in [5.74, 6) is -3.04. The maximum atomic E-state index is 12.3. The summed E-state index contributed by atoms with van der Waals surface area (Å²) in [5, 5.41) is 2.50. The maximum absolute atomic E-state index is 12.3. The molecule has 2 aromatic rings. The molecule has 32 heavy (non-hydrogen) atoms. The van der Waals surface area contributed by atoms with E-state index in [9.17, 15) is 28.8 Å². The van der Waals surface area contributed by atoms with Crippen LogP contribution in [0.4, 0.5) is 11.4 Å². The number of imide groups is 2. The fourth-order valence-corrected chi connectivity index (χ4v) is 3.49. The zero-order chi connectivity index (χ0) is 23.0. The third-order valence-electron chi connectivity index (χ3n) is 5.10. The number of hydrogen-bond donors (Lipinski definition) is 1. The third kappa shape index (κ3) is 3.73. The van der Waals surface area contributed by atoms with Crippen molar-refractivity contribution < 1.29 is 33.5 Å². The minimum absolute atomic E-state index is 0.0764. The number of carbonyl (C=O) groups is 6. The van der Waals surface area contributed by atoms with Gasteiger partial charge in [0.2, 0.25) is 11.8 Å². The van der Waals surface area contributed by atoms with Crippen LogP contribution in [-0.4, -0.2) is 54.1 Å². The summed E-state index contributed by atoms with van der Waals surface area (Å²) in [6.07, 6.45) is 0.235. The Hall–Kier alpha value is -4.34. The van der Waals surface area contributed by atoms with Gasteiger partial charge in [-0.2, -0.15) is 0 Å². The predicted octanol–water partition coefficient (Wildman–Crippen LogP) is 1.36. The van der Waals surface area contributed by atoms with Gasteiger partial charge in [-0.3, -0.25) is 33.8 Å². The van der Waals surface area contributed by atoms with Gasteiger partial charge in [0.05, 0.1) is 22.4 Å². The molecule has 5 amide bonds. The molecule has 0 unspecified atom stereocenters. The van der Waals surface area contributed by atoms with E-state index in [1.165, 1.54) is 49.5 Å². The van der Waals surface area contributed by atoms with E-state index in [4.69, 9.17) is 4.74 Å². The molecule has 10 heteroatoms. The summed E-state index contributed by atoms with van der Waals surface area (Å²) in [6.45, 7) is -0.603. The van der Waals surface area contributed by atoms with Gasteiger partial charge in [0, 0.05) is 25.6 Å². The summed E-state index contributed by atoms with van der Waals surface area (Å²) >= 11 is 0. The van der Waals surface area contributed by atoms with Crippen molar-refractivity contribution in [1.29, 1.82) is 0 Å². The number of rotatable bonds is 5. The first-order chi connectivity index (χ1) is 15.3. The van der Waals surface area contributed by atoms with Crippen LogP contribution in [0.25, 0.3) is 0 Å². The highest BCUT2D eigenvalue weighted by atomic mass is 16.5. The molecule has 2 aliphatic heterocycles. The maximum Gasteiger partial charge on any atom is 0.338 e. The Kier molecular flexibility index (Phi) is 5.27. The Morgan fingerprint density at radius 2 is 1.62 bits per heavy atom. The topological polar surface area (TPSA) is 130 Å². The first kappa shape index (κ1) is 20.9. The lowest BCUT2D eigenvalue weighted by Crippen LogP contribution is -2.28. The van der Waals surface area contributed by atoms with Crippen LogP contribution in [0.3, 0.4) is 0 Å². The standard InChI is InChI=1S/C22H17N3O7/c1-24-20(29)15-6-5-13(10-16(15)21(24)30)23-17(26)11-32-22(31)12-3-2-4-14(9-12)25-18(27)7-8-19(25)28/h2-6,9-10H,7-8,11H2,1H3,(H,23,26). The van der Waals surface area contributed by atoms with Crippen LogP contribution in [0.1, 0.15) is 43.9 Å². The number of benzene rings is 2. The molecule has 0 radical (unpaired) electrons. The predicted molar refractivity (Wildman–Crippen MR) is 110 cm³/mol. The largest absolute Gasteiger partial charge is 0.452 e. The molecule has 2 aromatic carbocycles. The normalized spacial score (nSPS) is 15.3. The van der Waals surface area contributed by atoms with Gasteiger partial charge in [-0.15, -0.1) is 0 Å². The Labute approximate surface area is 181 Å². The molecule has 2 aliphatic rings. The molecule has 10 nitrogen and oxygen atoms in total. The highest BCUT2D eigenvalue weighted by Crippen LogP contribution is 2.25. The quantitative estimate of drug-likeness (QED) is 0.554. The molecular weight excluding hydrogens is 418 g/mol. The van der Waals surface area contributed by atoms with Crippen molar-refractivity contribution in [2.24, 2.45) is 0 Å². The summed E-state index contributed by atoms with van der Waals surface area (Å²) in [4.78, 5) is 74.2. The SMILES string of the molecule is CN1C(=O)c2ccc(NC(=O)COC(=O)c3cccc(N4C(=O)CCC4=O)c3)cc2C1=O. The minimum Gasteiger partial charge on any atom is -0.452 e. The number of amides is 5. The van der Waals surface area contributed by atoms with Crippen LogP contribution in [0.5, 0.6) is 0 Å². The fourth-order valence-electron chi connectivity index (χ4n) is 3.49.